The molecule has 3 rings (SSSR count). The van der Waals surface area contributed by atoms with Gasteiger partial charge in [-0.3, -0.25) is 0 Å². The molecule has 8 heteroatoms. The first-order chi connectivity index (χ1) is 11.0. The minimum absolute atomic E-state index is 0.0713. The van der Waals surface area contributed by atoms with Gasteiger partial charge in [-0.15, -0.1) is 0 Å². The quantitative estimate of drug-likeness (QED) is 0.904. The molecule has 1 aliphatic heterocycles. The molecule has 1 aromatic heterocycles. The predicted octanol–water partition coefficient (Wildman–Crippen LogP) is 1.10. The van der Waals surface area contributed by atoms with Gasteiger partial charge in [-0.1, -0.05) is 6.07 Å². The maximum Gasteiger partial charge on any atom is 0.240 e. The highest BCUT2D eigenvalue weighted by atomic mass is 32.2. The van der Waals surface area contributed by atoms with E-state index >= 15 is 0 Å². The molecular weight excluding hydrogens is 316 g/mol. The van der Waals surface area contributed by atoms with E-state index in [1.165, 1.54) is 12.1 Å². The third kappa shape index (κ3) is 3.12. The number of imidazole rings is 1. The Kier molecular flexibility index (Phi) is 4.17. The van der Waals surface area contributed by atoms with E-state index in [1.807, 2.05) is 17.7 Å². The Hall–Kier alpha value is -2.21. The van der Waals surface area contributed by atoms with Crippen LogP contribution >= 0.6 is 0 Å². The first kappa shape index (κ1) is 15.7. The molecule has 2 aromatic rings. The number of nitrogens with one attached hydrogen (secondary N) is 1. The molecular formula is C15H16N4O3S. The molecule has 0 unspecified atom stereocenters. The average Bonchev–Trinajstić information content (AvgIpc) is 3.15. The van der Waals surface area contributed by atoms with Crippen LogP contribution in [0.4, 0.5) is 0 Å². The minimum atomic E-state index is -3.73. The van der Waals surface area contributed by atoms with E-state index in [1.54, 1.807) is 24.5 Å². The molecule has 0 bridgehead atoms. The minimum Gasteiger partial charge on any atom is -0.369 e. The lowest BCUT2D eigenvalue weighted by Gasteiger charge is -2.19. The second-order valence-electron chi connectivity index (χ2n) is 5.34. The van der Waals surface area contributed by atoms with E-state index in [2.05, 4.69) is 9.71 Å². The van der Waals surface area contributed by atoms with E-state index in [4.69, 9.17) is 10.00 Å². The number of hydrogen-bond acceptors (Lipinski definition) is 5. The molecule has 23 heavy (non-hydrogen) atoms. The largest absolute Gasteiger partial charge is 0.369 e. The molecule has 1 saturated heterocycles. The Morgan fingerprint density at radius 1 is 1.48 bits per heavy atom. The molecule has 0 radical (unpaired) electrons. The highest BCUT2D eigenvalue weighted by Crippen LogP contribution is 2.29. The number of aromatic nitrogens is 2. The lowest BCUT2D eigenvalue weighted by molar-refractivity contribution is 0.0933. The number of benzene rings is 1. The fourth-order valence-electron chi connectivity index (χ4n) is 2.62. The van der Waals surface area contributed by atoms with Crippen LogP contribution in [0.3, 0.4) is 0 Å². The molecule has 0 spiro atoms. The zero-order valence-corrected chi connectivity index (χ0v) is 13.3. The average molecular weight is 332 g/mol. The van der Waals surface area contributed by atoms with Gasteiger partial charge in [0.15, 0.2) is 0 Å². The maximum absolute atomic E-state index is 12.6. The normalized spacial score (nSPS) is 21.2. The number of aryl methyl sites for hydroxylation is 1. The summed E-state index contributed by atoms with van der Waals surface area (Å²) >= 11 is 0. The van der Waals surface area contributed by atoms with Crippen molar-refractivity contribution in [1.82, 2.24) is 14.3 Å². The zero-order chi connectivity index (χ0) is 16.4. The lowest BCUT2D eigenvalue weighted by atomic mass is 10.1. The summed E-state index contributed by atoms with van der Waals surface area (Å²) in [6.45, 7) is 0.461. The first-order valence-corrected chi connectivity index (χ1v) is 8.61. The van der Waals surface area contributed by atoms with Gasteiger partial charge in [0, 0.05) is 26.0 Å². The summed E-state index contributed by atoms with van der Waals surface area (Å²) in [6, 6.07) is 7.48. The van der Waals surface area contributed by atoms with Gasteiger partial charge >= 0.3 is 0 Å². The van der Waals surface area contributed by atoms with E-state index < -0.39 is 22.2 Å². The molecule has 0 saturated carbocycles. The first-order valence-electron chi connectivity index (χ1n) is 7.12. The van der Waals surface area contributed by atoms with Crippen LogP contribution < -0.4 is 4.72 Å². The summed E-state index contributed by atoms with van der Waals surface area (Å²) < 4.78 is 35.2. The fourth-order valence-corrected chi connectivity index (χ4v) is 3.93. The van der Waals surface area contributed by atoms with Crippen molar-refractivity contribution in [3.63, 3.8) is 0 Å². The van der Waals surface area contributed by atoms with Crippen LogP contribution in [-0.4, -0.2) is 30.6 Å². The summed E-state index contributed by atoms with van der Waals surface area (Å²) in [4.78, 5) is 4.31. The van der Waals surface area contributed by atoms with E-state index in [9.17, 15) is 8.42 Å². The number of nitriles is 1. The second kappa shape index (κ2) is 6.12. The van der Waals surface area contributed by atoms with Crippen molar-refractivity contribution >= 4 is 10.0 Å². The number of rotatable bonds is 4. The highest BCUT2D eigenvalue weighted by Gasteiger charge is 2.35. The number of ether oxygens (including phenoxy) is 1. The molecule has 2 atom stereocenters. The van der Waals surface area contributed by atoms with Crippen LogP contribution in [0, 0.1) is 11.3 Å². The van der Waals surface area contributed by atoms with Crippen LogP contribution in [0.2, 0.25) is 0 Å². The zero-order valence-electron chi connectivity index (χ0n) is 12.5. The van der Waals surface area contributed by atoms with E-state index in [0.717, 1.165) is 0 Å². The van der Waals surface area contributed by atoms with E-state index in [-0.39, 0.29) is 4.90 Å². The van der Waals surface area contributed by atoms with Crippen molar-refractivity contribution in [3.05, 3.63) is 48.0 Å². The van der Waals surface area contributed by atoms with Crippen molar-refractivity contribution in [2.24, 2.45) is 7.05 Å². The second-order valence-corrected chi connectivity index (χ2v) is 7.06. The van der Waals surface area contributed by atoms with Crippen LogP contribution in [0.5, 0.6) is 0 Å². The van der Waals surface area contributed by atoms with Crippen LogP contribution in [0.25, 0.3) is 0 Å². The smallest absolute Gasteiger partial charge is 0.240 e. The van der Waals surface area contributed by atoms with Crippen molar-refractivity contribution in [1.29, 1.82) is 5.26 Å². The summed E-state index contributed by atoms with van der Waals surface area (Å²) in [6.07, 6.45) is 3.58. The summed E-state index contributed by atoms with van der Waals surface area (Å²) in [5.41, 5.74) is 0.302. The Labute approximate surface area is 134 Å². The molecule has 2 heterocycles. The topological polar surface area (TPSA) is 97.0 Å². The summed E-state index contributed by atoms with van der Waals surface area (Å²) in [7, 11) is -1.89. The number of sulfonamides is 1. The molecule has 1 N–H and O–H groups in total. The van der Waals surface area contributed by atoms with Gasteiger partial charge in [0.25, 0.3) is 0 Å². The SMILES string of the molecule is Cn1ccnc1[C@H]1OCC[C@@H]1NS(=O)(=O)c1cccc(C#N)c1. The Balaban J connectivity index is 1.85. The van der Waals surface area contributed by atoms with E-state index in [0.29, 0.717) is 24.4 Å². The number of nitrogens with zero attached hydrogens (tertiary/aromatic N) is 3. The van der Waals surface area contributed by atoms with Gasteiger partial charge < -0.3 is 9.30 Å². The monoisotopic (exact) mass is 332 g/mol. The van der Waals surface area contributed by atoms with Gasteiger partial charge in [0.2, 0.25) is 10.0 Å². The van der Waals surface area contributed by atoms with Gasteiger partial charge in [0.1, 0.15) is 11.9 Å². The maximum atomic E-state index is 12.6. The van der Waals surface area contributed by atoms with Crippen LogP contribution in [0.1, 0.15) is 23.9 Å². The molecule has 0 aliphatic carbocycles. The van der Waals surface area contributed by atoms with Crippen molar-refractivity contribution in [2.45, 2.75) is 23.5 Å². The predicted molar refractivity (Wildman–Crippen MR) is 81.8 cm³/mol. The van der Waals surface area contributed by atoms with Crippen molar-refractivity contribution < 1.29 is 13.2 Å². The van der Waals surface area contributed by atoms with Crippen LogP contribution in [0.15, 0.2) is 41.6 Å². The summed E-state index contributed by atoms with van der Waals surface area (Å²) in [5.74, 6) is 0.681. The molecule has 120 valence electrons. The Morgan fingerprint density at radius 2 is 2.30 bits per heavy atom. The van der Waals surface area contributed by atoms with Crippen LogP contribution in [-0.2, 0) is 21.8 Å². The van der Waals surface area contributed by atoms with Gasteiger partial charge in [0.05, 0.1) is 22.6 Å². The molecule has 1 fully saturated rings. The third-order valence-electron chi connectivity index (χ3n) is 3.78. The molecule has 1 aliphatic rings. The Bertz CT molecular complexity index is 854. The standard InChI is InChI=1S/C15H16N4O3S/c1-19-7-6-17-15(19)14-13(5-8-22-14)18-23(20,21)12-4-2-3-11(9-12)10-16/h2-4,6-7,9,13-14,18H,5,8H2,1H3/t13-,14-/m0/s1. The molecule has 0 amide bonds. The number of hydrogen-bond donors (Lipinski definition) is 1. The van der Waals surface area contributed by atoms with Crippen molar-refractivity contribution in [3.8, 4) is 6.07 Å². The third-order valence-corrected chi connectivity index (χ3v) is 5.27. The van der Waals surface area contributed by atoms with Gasteiger partial charge in [-0.05, 0) is 24.6 Å². The summed E-state index contributed by atoms with van der Waals surface area (Å²) in [5, 5.41) is 8.91. The lowest BCUT2D eigenvalue weighted by Crippen LogP contribution is -2.37. The van der Waals surface area contributed by atoms with Gasteiger partial charge in [-0.2, -0.15) is 5.26 Å². The van der Waals surface area contributed by atoms with Crippen molar-refractivity contribution in [2.75, 3.05) is 6.61 Å². The van der Waals surface area contributed by atoms with Gasteiger partial charge in [-0.25, -0.2) is 18.1 Å². The molecule has 7 nitrogen and oxygen atoms in total. The highest BCUT2D eigenvalue weighted by molar-refractivity contribution is 7.89. The molecule has 1 aromatic carbocycles. The Morgan fingerprint density at radius 3 is 3.00 bits per heavy atom. The fraction of sp³-hybridized carbons (Fsp3) is 0.333.